The first kappa shape index (κ1) is 18.5. The topological polar surface area (TPSA) is 66.5 Å². The number of nitrogens with one attached hydrogen (secondary N) is 1. The van der Waals surface area contributed by atoms with Crippen LogP contribution in [0, 0.1) is 0 Å². The molecule has 0 radical (unpaired) electrons. The number of piperidine rings is 1. The van der Waals surface area contributed by atoms with Crippen LogP contribution in [0.15, 0.2) is 29.4 Å². The smallest absolute Gasteiger partial charge is 0.194 e. The highest BCUT2D eigenvalue weighted by molar-refractivity contribution is 14.0. The number of anilines is 1. The van der Waals surface area contributed by atoms with Crippen LogP contribution in [-0.2, 0) is 0 Å². The quantitative estimate of drug-likeness (QED) is 0.444. The van der Waals surface area contributed by atoms with Crippen molar-refractivity contribution in [2.75, 3.05) is 38.3 Å². The number of hydrogen-bond acceptors (Lipinski definition) is 4. The maximum absolute atomic E-state index is 5.94. The third kappa shape index (κ3) is 5.63. The first-order valence-electron chi connectivity index (χ1n) is 6.85. The number of aliphatic imine (C=N–C) groups is 1. The molecule has 1 aliphatic rings. The lowest BCUT2D eigenvalue weighted by atomic mass is 9.96. The summed E-state index contributed by atoms with van der Waals surface area (Å²) in [7, 11) is 2.17. The average Bonchev–Trinajstić information content (AvgIpc) is 2.48. The van der Waals surface area contributed by atoms with E-state index in [0.29, 0.717) is 5.96 Å². The van der Waals surface area contributed by atoms with Crippen molar-refractivity contribution >= 4 is 47.5 Å². The lowest BCUT2D eigenvalue weighted by molar-refractivity contribution is 0.242. The molecule has 1 aliphatic heterocycles. The highest BCUT2D eigenvalue weighted by Crippen LogP contribution is 2.34. The number of nitrogens with zero attached hydrogens (tertiary/aromatic N) is 3. The Hall–Kier alpha value is -0.540. The Morgan fingerprint density at radius 1 is 1.48 bits per heavy atom. The fourth-order valence-electron chi connectivity index (χ4n) is 2.29. The molecule has 2 rings (SSSR count). The largest absolute Gasteiger partial charge is 0.370 e. The summed E-state index contributed by atoms with van der Waals surface area (Å²) in [5.41, 5.74) is 5.94. The standard InChI is InChI=1S/C14H23N5S.HI/c1-19-9-6-14(20-2,7-10-19)11-17-13(15)18-12-5-3-4-8-16-12;/h3-5,8H,6-7,9-11H2,1-2H3,(H3,15,16,17,18);1H. The molecule has 0 aliphatic carbocycles. The predicted octanol–water partition coefficient (Wildman–Crippen LogP) is 2.25. The van der Waals surface area contributed by atoms with Crippen molar-refractivity contribution in [3.05, 3.63) is 24.4 Å². The zero-order valence-corrected chi connectivity index (χ0v) is 15.7. The van der Waals surface area contributed by atoms with Gasteiger partial charge in [0.1, 0.15) is 5.82 Å². The number of hydrogen-bond donors (Lipinski definition) is 2. The normalized spacial score (nSPS) is 18.9. The molecule has 1 aromatic heterocycles. The second-order valence-corrected chi connectivity index (χ2v) is 6.51. The zero-order chi connectivity index (χ0) is 14.4. The van der Waals surface area contributed by atoms with E-state index in [-0.39, 0.29) is 28.7 Å². The molecule has 3 N–H and O–H groups in total. The Kier molecular flexibility index (Phi) is 7.75. The van der Waals surface area contributed by atoms with Crippen molar-refractivity contribution in [3.63, 3.8) is 0 Å². The van der Waals surface area contributed by atoms with Gasteiger partial charge in [0.25, 0.3) is 0 Å². The van der Waals surface area contributed by atoms with Gasteiger partial charge in [0.2, 0.25) is 0 Å². The van der Waals surface area contributed by atoms with Gasteiger partial charge in [-0.05, 0) is 51.4 Å². The van der Waals surface area contributed by atoms with Gasteiger partial charge < -0.3 is 16.0 Å². The number of rotatable bonds is 4. The molecule has 1 fully saturated rings. The molecule has 1 aromatic rings. The second kappa shape index (κ2) is 8.79. The van der Waals surface area contributed by atoms with Gasteiger partial charge in [-0.2, -0.15) is 11.8 Å². The van der Waals surface area contributed by atoms with Crippen molar-refractivity contribution in [2.24, 2.45) is 10.7 Å². The van der Waals surface area contributed by atoms with Crippen LogP contribution in [0.3, 0.4) is 0 Å². The van der Waals surface area contributed by atoms with Gasteiger partial charge >= 0.3 is 0 Å². The molecule has 0 bridgehead atoms. The number of nitrogens with two attached hydrogens (primary N) is 1. The Morgan fingerprint density at radius 2 is 2.19 bits per heavy atom. The lowest BCUT2D eigenvalue weighted by Gasteiger charge is -2.38. The average molecular weight is 421 g/mol. The maximum Gasteiger partial charge on any atom is 0.194 e. The van der Waals surface area contributed by atoms with E-state index in [1.165, 1.54) is 0 Å². The molecule has 0 amide bonds. The molecular weight excluding hydrogens is 397 g/mol. The van der Waals surface area contributed by atoms with E-state index in [9.17, 15) is 0 Å². The highest BCUT2D eigenvalue weighted by Gasteiger charge is 2.32. The number of halogens is 1. The second-order valence-electron chi connectivity index (χ2n) is 5.23. The zero-order valence-electron chi connectivity index (χ0n) is 12.6. The fraction of sp³-hybridized carbons (Fsp3) is 0.571. The molecule has 21 heavy (non-hydrogen) atoms. The number of pyridine rings is 1. The van der Waals surface area contributed by atoms with Crippen LogP contribution in [0.4, 0.5) is 5.82 Å². The molecule has 0 aromatic carbocycles. The summed E-state index contributed by atoms with van der Waals surface area (Å²) in [5.74, 6) is 1.17. The summed E-state index contributed by atoms with van der Waals surface area (Å²) in [6.45, 7) is 3.02. The van der Waals surface area contributed by atoms with Gasteiger partial charge in [0.15, 0.2) is 5.96 Å². The number of guanidine groups is 1. The van der Waals surface area contributed by atoms with Crippen molar-refractivity contribution in [1.82, 2.24) is 9.88 Å². The van der Waals surface area contributed by atoms with Crippen LogP contribution < -0.4 is 11.1 Å². The first-order chi connectivity index (χ1) is 9.63. The summed E-state index contributed by atoms with van der Waals surface area (Å²) in [6.07, 6.45) is 6.22. The Labute approximate surface area is 148 Å². The fourth-order valence-corrected chi connectivity index (χ4v) is 3.07. The third-order valence-electron chi connectivity index (χ3n) is 3.79. The van der Waals surface area contributed by atoms with E-state index in [1.54, 1.807) is 6.20 Å². The van der Waals surface area contributed by atoms with Crippen molar-refractivity contribution < 1.29 is 0 Å². The number of likely N-dealkylation sites (tertiary alicyclic amines) is 1. The number of thioether (sulfide) groups is 1. The number of aromatic nitrogens is 1. The van der Waals surface area contributed by atoms with Crippen molar-refractivity contribution in [1.29, 1.82) is 0 Å². The summed E-state index contributed by atoms with van der Waals surface area (Å²) >= 11 is 1.91. The minimum absolute atomic E-state index is 0. The van der Waals surface area contributed by atoms with Gasteiger partial charge in [-0.25, -0.2) is 4.98 Å². The molecule has 0 atom stereocenters. The summed E-state index contributed by atoms with van der Waals surface area (Å²) in [6, 6.07) is 5.67. The molecule has 5 nitrogen and oxygen atoms in total. The van der Waals surface area contributed by atoms with E-state index < -0.39 is 0 Å². The Bertz CT molecular complexity index is 446. The third-order valence-corrected chi connectivity index (χ3v) is 5.19. The predicted molar refractivity (Wildman–Crippen MR) is 103 cm³/mol. The molecule has 0 spiro atoms. The molecule has 0 saturated carbocycles. The van der Waals surface area contributed by atoms with Gasteiger partial charge in [0, 0.05) is 10.9 Å². The molecule has 2 heterocycles. The van der Waals surface area contributed by atoms with Crippen molar-refractivity contribution in [2.45, 2.75) is 17.6 Å². The summed E-state index contributed by atoms with van der Waals surface area (Å²) in [5, 5.41) is 3.03. The van der Waals surface area contributed by atoms with Crippen LogP contribution in [0.1, 0.15) is 12.8 Å². The van der Waals surface area contributed by atoms with Crippen LogP contribution in [0.2, 0.25) is 0 Å². The van der Waals surface area contributed by atoms with E-state index >= 15 is 0 Å². The lowest BCUT2D eigenvalue weighted by Crippen LogP contribution is -2.43. The minimum atomic E-state index is 0. The molecule has 1 saturated heterocycles. The molecular formula is C14H24IN5S. The maximum atomic E-state index is 5.94. The Balaban J connectivity index is 0.00000220. The molecule has 0 unspecified atom stereocenters. The van der Waals surface area contributed by atoms with Gasteiger partial charge in [-0.15, -0.1) is 24.0 Å². The molecule has 118 valence electrons. The van der Waals surface area contributed by atoms with Crippen LogP contribution in [-0.4, -0.2) is 53.5 Å². The van der Waals surface area contributed by atoms with E-state index in [1.807, 2.05) is 30.0 Å². The van der Waals surface area contributed by atoms with Gasteiger partial charge in [0.05, 0.1) is 6.54 Å². The van der Waals surface area contributed by atoms with E-state index in [4.69, 9.17) is 5.73 Å². The summed E-state index contributed by atoms with van der Waals surface area (Å²) < 4.78 is 0.225. The molecule has 7 heteroatoms. The first-order valence-corrected chi connectivity index (χ1v) is 8.08. The van der Waals surface area contributed by atoms with Gasteiger partial charge in [-0.1, -0.05) is 6.07 Å². The van der Waals surface area contributed by atoms with Crippen LogP contribution in [0.25, 0.3) is 0 Å². The van der Waals surface area contributed by atoms with E-state index in [0.717, 1.165) is 38.3 Å². The Morgan fingerprint density at radius 3 is 2.76 bits per heavy atom. The monoisotopic (exact) mass is 421 g/mol. The van der Waals surface area contributed by atoms with Crippen LogP contribution >= 0.6 is 35.7 Å². The SMILES string of the molecule is CSC1(CN=C(N)Nc2ccccn2)CCN(C)CC1.I. The van der Waals surface area contributed by atoms with E-state index in [2.05, 4.69) is 33.5 Å². The minimum Gasteiger partial charge on any atom is -0.370 e. The van der Waals surface area contributed by atoms with Crippen molar-refractivity contribution in [3.8, 4) is 0 Å². The summed E-state index contributed by atoms with van der Waals surface area (Å²) in [4.78, 5) is 11.1. The highest BCUT2D eigenvalue weighted by atomic mass is 127. The van der Waals surface area contributed by atoms with Crippen LogP contribution in [0.5, 0.6) is 0 Å². The van der Waals surface area contributed by atoms with Gasteiger partial charge in [-0.3, -0.25) is 4.99 Å².